The van der Waals surface area contributed by atoms with Crippen molar-refractivity contribution in [1.82, 2.24) is 0 Å². The number of carbonyl (C=O) groups is 1. The maximum absolute atomic E-state index is 13.1. The summed E-state index contributed by atoms with van der Waals surface area (Å²) >= 11 is 0. The zero-order chi connectivity index (χ0) is 23.4. The zero-order valence-electron chi connectivity index (χ0n) is 16.9. The molecule has 0 aliphatic heterocycles. The minimum absolute atomic E-state index is 0.0457. The van der Waals surface area contributed by atoms with Crippen molar-refractivity contribution in [2.75, 3.05) is 10.6 Å². The van der Waals surface area contributed by atoms with E-state index >= 15 is 0 Å². The SMILES string of the molecule is C=C(Nc1ccc([N+](=O)[O-])c(C(F)(F)F)c1)C(C)(O)CCc1ccc(NC(C)=O)cc1. The number of rotatable bonds is 8. The maximum Gasteiger partial charge on any atom is 0.423 e. The van der Waals surface area contributed by atoms with E-state index in [2.05, 4.69) is 17.2 Å². The van der Waals surface area contributed by atoms with Crippen molar-refractivity contribution < 1.29 is 28.0 Å². The van der Waals surface area contributed by atoms with E-state index in [-0.39, 0.29) is 23.7 Å². The summed E-state index contributed by atoms with van der Waals surface area (Å²) < 4.78 is 39.4. The van der Waals surface area contributed by atoms with Gasteiger partial charge in [0.15, 0.2) is 0 Å². The standard InChI is InChI=1S/C21H22F3N3O4/c1-13(25-17-8-9-19(27(30)31)18(12-17)21(22,23)24)20(3,29)11-10-15-4-6-16(7-5-15)26-14(2)28/h4-9,12,25,29H,1,10-11H2,2-3H3,(H,26,28). The Morgan fingerprint density at radius 2 is 1.71 bits per heavy atom. The van der Waals surface area contributed by atoms with Gasteiger partial charge < -0.3 is 15.7 Å². The summed E-state index contributed by atoms with van der Waals surface area (Å²) in [6, 6.07) is 9.48. The molecule has 0 heterocycles. The molecular weight excluding hydrogens is 415 g/mol. The highest BCUT2D eigenvalue weighted by Crippen LogP contribution is 2.38. The van der Waals surface area contributed by atoms with Crippen LogP contribution in [-0.2, 0) is 17.4 Å². The average molecular weight is 437 g/mol. The third-order valence-electron chi connectivity index (χ3n) is 4.62. The van der Waals surface area contributed by atoms with Crippen LogP contribution in [0.5, 0.6) is 0 Å². The van der Waals surface area contributed by atoms with Crippen LogP contribution in [0, 0.1) is 10.1 Å². The highest BCUT2D eigenvalue weighted by atomic mass is 19.4. The number of nitro benzene ring substituents is 1. The van der Waals surface area contributed by atoms with E-state index in [0.717, 1.165) is 17.7 Å². The molecule has 0 fully saturated rings. The van der Waals surface area contributed by atoms with Gasteiger partial charge in [0.05, 0.1) is 4.92 Å². The van der Waals surface area contributed by atoms with Crippen molar-refractivity contribution in [3.63, 3.8) is 0 Å². The number of nitro groups is 1. The average Bonchev–Trinajstić information content (AvgIpc) is 2.66. The molecule has 0 saturated heterocycles. The Morgan fingerprint density at radius 3 is 2.23 bits per heavy atom. The second-order valence-corrected chi connectivity index (χ2v) is 7.24. The number of carbonyl (C=O) groups excluding carboxylic acids is 1. The Bertz CT molecular complexity index is 986. The highest BCUT2D eigenvalue weighted by molar-refractivity contribution is 5.88. The van der Waals surface area contributed by atoms with Crippen LogP contribution in [0.1, 0.15) is 31.4 Å². The number of aryl methyl sites for hydroxylation is 1. The van der Waals surface area contributed by atoms with Gasteiger partial charge in [0.25, 0.3) is 5.69 Å². The Labute approximate surface area is 176 Å². The molecule has 1 amide bonds. The number of aliphatic hydroxyl groups is 1. The van der Waals surface area contributed by atoms with Crippen LogP contribution in [-0.4, -0.2) is 21.5 Å². The number of nitrogens with zero attached hydrogens (tertiary/aromatic N) is 1. The lowest BCUT2D eigenvalue weighted by Gasteiger charge is -2.27. The second-order valence-electron chi connectivity index (χ2n) is 7.24. The third-order valence-corrected chi connectivity index (χ3v) is 4.62. The molecule has 10 heteroatoms. The Kier molecular flexibility index (Phi) is 7.06. The number of nitrogens with one attached hydrogen (secondary N) is 2. The molecule has 0 radical (unpaired) electrons. The minimum atomic E-state index is -4.91. The lowest BCUT2D eigenvalue weighted by molar-refractivity contribution is -0.388. The third kappa shape index (κ3) is 6.54. The van der Waals surface area contributed by atoms with Gasteiger partial charge in [-0.1, -0.05) is 18.7 Å². The summed E-state index contributed by atoms with van der Waals surface area (Å²) in [7, 11) is 0. The summed E-state index contributed by atoms with van der Waals surface area (Å²) in [4.78, 5) is 20.8. The number of hydrogen-bond acceptors (Lipinski definition) is 5. The molecule has 2 aromatic rings. The van der Waals surface area contributed by atoms with Crippen LogP contribution >= 0.6 is 0 Å². The van der Waals surface area contributed by atoms with Gasteiger partial charge in [-0.15, -0.1) is 0 Å². The van der Waals surface area contributed by atoms with E-state index in [0.29, 0.717) is 18.2 Å². The molecule has 31 heavy (non-hydrogen) atoms. The molecule has 0 saturated carbocycles. The summed E-state index contributed by atoms with van der Waals surface area (Å²) in [6.45, 7) is 6.56. The van der Waals surface area contributed by atoms with Gasteiger partial charge in [0.1, 0.15) is 11.2 Å². The first-order chi connectivity index (χ1) is 14.3. The van der Waals surface area contributed by atoms with Crippen LogP contribution in [0.15, 0.2) is 54.7 Å². The maximum atomic E-state index is 13.1. The normalized spacial score (nSPS) is 13.2. The number of halogens is 3. The van der Waals surface area contributed by atoms with Gasteiger partial charge in [-0.2, -0.15) is 13.2 Å². The van der Waals surface area contributed by atoms with E-state index in [1.165, 1.54) is 13.8 Å². The van der Waals surface area contributed by atoms with Gasteiger partial charge in [-0.05, 0) is 49.6 Å². The van der Waals surface area contributed by atoms with Crippen LogP contribution in [0.3, 0.4) is 0 Å². The van der Waals surface area contributed by atoms with E-state index in [1.807, 2.05) is 0 Å². The number of alkyl halides is 3. The number of amides is 1. The van der Waals surface area contributed by atoms with Gasteiger partial charge in [0.2, 0.25) is 5.91 Å². The molecule has 7 nitrogen and oxygen atoms in total. The Balaban J connectivity index is 2.08. The number of benzene rings is 2. The quantitative estimate of drug-likeness (QED) is 0.403. The van der Waals surface area contributed by atoms with Gasteiger partial charge >= 0.3 is 6.18 Å². The zero-order valence-corrected chi connectivity index (χ0v) is 16.9. The van der Waals surface area contributed by atoms with E-state index in [4.69, 9.17) is 0 Å². The van der Waals surface area contributed by atoms with Crippen molar-refractivity contribution in [3.8, 4) is 0 Å². The Hall–Kier alpha value is -3.40. The molecule has 0 aromatic heterocycles. The smallest absolute Gasteiger partial charge is 0.384 e. The van der Waals surface area contributed by atoms with E-state index in [1.54, 1.807) is 24.3 Å². The minimum Gasteiger partial charge on any atom is -0.384 e. The summed E-state index contributed by atoms with van der Waals surface area (Å²) in [6.07, 6.45) is -4.27. The van der Waals surface area contributed by atoms with E-state index < -0.39 is 28.0 Å². The first kappa shape index (κ1) is 23.9. The fourth-order valence-corrected chi connectivity index (χ4v) is 2.81. The van der Waals surface area contributed by atoms with Crippen LogP contribution < -0.4 is 10.6 Å². The molecule has 0 bridgehead atoms. The lowest BCUT2D eigenvalue weighted by atomic mass is 9.93. The van der Waals surface area contributed by atoms with Crippen LogP contribution in [0.2, 0.25) is 0 Å². The highest BCUT2D eigenvalue weighted by Gasteiger charge is 2.38. The molecule has 1 atom stereocenters. The first-order valence-corrected chi connectivity index (χ1v) is 9.20. The van der Waals surface area contributed by atoms with Gasteiger partial charge in [-0.3, -0.25) is 14.9 Å². The molecule has 0 aliphatic rings. The second kappa shape index (κ2) is 9.17. The Morgan fingerprint density at radius 1 is 1.13 bits per heavy atom. The predicted molar refractivity (Wildman–Crippen MR) is 111 cm³/mol. The topological polar surface area (TPSA) is 104 Å². The summed E-state index contributed by atoms with van der Waals surface area (Å²) in [5.41, 5.74) is -2.46. The largest absolute Gasteiger partial charge is 0.423 e. The van der Waals surface area contributed by atoms with Crippen molar-refractivity contribution in [2.24, 2.45) is 0 Å². The summed E-state index contributed by atoms with van der Waals surface area (Å²) in [5, 5.41) is 26.8. The fourth-order valence-electron chi connectivity index (χ4n) is 2.81. The number of hydrogen-bond donors (Lipinski definition) is 3. The molecule has 0 spiro atoms. The molecule has 2 rings (SSSR count). The van der Waals surface area contributed by atoms with Crippen LogP contribution in [0.25, 0.3) is 0 Å². The van der Waals surface area contributed by atoms with E-state index in [9.17, 15) is 33.2 Å². The fraction of sp³-hybridized carbons (Fsp3) is 0.286. The van der Waals surface area contributed by atoms with Gasteiger partial charge in [-0.25, -0.2) is 0 Å². The lowest BCUT2D eigenvalue weighted by Crippen LogP contribution is -2.31. The van der Waals surface area contributed by atoms with Crippen molar-refractivity contribution in [2.45, 2.75) is 38.5 Å². The van der Waals surface area contributed by atoms with Crippen molar-refractivity contribution in [1.29, 1.82) is 0 Å². The van der Waals surface area contributed by atoms with Crippen LogP contribution in [0.4, 0.5) is 30.2 Å². The summed E-state index contributed by atoms with van der Waals surface area (Å²) in [5.74, 6) is -0.196. The van der Waals surface area contributed by atoms with Crippen molar-refractivity contribution in [3.05, 3.63) is 76.0 Å². The predicted octanol–water partition coefficient (Wildman–Crippen LogP) is 4.88. The monoisotopic (exact) mass is 437 g/mol. The molecule has 2 aromatic carbocycles. The molecular formula is C21H22F3N3O4. The molecule has 166 valence electrons. The molecule has 3 N–H and O–H groups in total. The van der Waals surface area contributed by atoms with Gasteiger partial charge in [0, 0.05) is 30.1 Å². The molecule has 0 aliphatic carbocycles. The first-order valence-electron chi connectivity index (χ1n) is 9.20. The van der Waals surface area contributed by atoms with Crippen molar-refractivity contribution >= 4 is 23.0 Å². The number of anilines is 2. The molecule has 1 unspecified atom stereocenters.